The van der Waals surface area contributed by atoms with Crippen LogP contribution in [0.2, 0.25) is 0 Å². The number of hydrogen-bond acceptors (Lipinski definition) is 6. The molecule has 1 amide bonds. The Kier molecular flexibility index (Phi) is 4.63. The van der Waals surface area contributed by atoms with Gasteiger partial charge in [-0.2, -0.15) is 0 Å². The zero-order valence-corrected chi connectivity index (χ0v) is 13.0. The van der Waals surface area contributed by atoms with Crippen LogP contribution in [0, 0.1) is 0 Å². The van der Waals surface area contributed by atoms with Crippen molar-refractivity contribution in [3.05, 3.63) is 18.2 Å². The van der Waals surface area contributed by atoms with Crippen molar-refractivity contribution >= 4 is 28.6 Å². The number of aromatic nitrogens is 1. The van der Waals surface area contributed by atoms with Gasteiger partial charge in [0, 0.05) is 38.9 Å². The third kappa shape index (κ3) is 3.54. The first-order chi connectivity index (χ1) is 11.1. The van der Waals surface area contributed by atoms with Gasteiger partial charge in [-0.25, -0.2) is 4.79 Å². The van der Waals surface area contributed by atoms with Crippen LogP contribution in [0.5, 0.6) is 0 Å². The second kappa shape index (κ2) is 6.84. The zero-order chi connectivity index (χ0) is 16.2. The van der Waals surface area contributed by atoms with Crippen molar-refractivity contribution in [1.29, 1.82) is 0 Å². The summed E-state index contributed by atoms with van der Waals surface area (Å²) < 4.78 is 10.6. The number of fused-ring (bicyclic) bond motifs is 1. The molecule has 0 atom stereocenters. The lowest BCUT2D eigenvalue weighted by Gasteiger charge is -2.26. The molecule has 1 aromatic heterocycles. The number of nitrogens with one attached hydrogen (secondary N) is 1. The lowest BCUT2D eigenvalue weighted by molar-refractivity contribution is 0.0398. The van der Waals surface area contributed by atoms with E-state index in [1.54, 1.807) is 18.2 Å². The van der Waals surface area contributed by atoms with E-state index in [0.717, 1.165) is 49.7 Å². The van der Waals surface area contributed by atoms with Gasteiger partial charge in [-0.05, 0) is 18.2 Å². The summed E-state index contributed by atoms with van der Waals surface area (Å²) in [7, 11) is 1.50. The molecule has 8 nitrogen and oxygen atoms in total. The number of anilines is 2. The molecule has 1 aliphatic heterocycles. The van der Waals surface area contributed by atoms with Crippen molar-refractivity contribution in [3.8, 4) is 0 Å². The molecule has 0 bridgehead atoms. The van der Waals surface area contributed by atoms with Gasteiger partial charge in [0.1, 0.15) is 0 Å². The average molecular weight is 320 g/mol. The third-order valence-electron chi connectivity index (χ3n) is 3.95. The molecule has 124 valence electrons. The summed E-state index contributed by atoms with van der Waals surface area (Å²) in [6.45, 7) is 5.06. The number of amides is 1. The van der Waals surface area contributed by atoms with Gasteiger partial charge in [-0.15, -0.1) is 0 Å². The van der Waals surface area contributed by atoms with Gasteiger partial charge < -0.3 is 19.7 Å². The summed E-state index contributed by atoms with van der Waals surface area (Å²) in [5, 5.41) is 17.1. The van der Waals surface area contributed by atoms with Crippen LogP contribution in [0.15, 0.2) is 22.7 Å². The molecule has 0 saturated carbocycles. The molecule has 0 aliphatic carbocycles. The predicted molar refractivity (Wildman–Crippen MR) is 86.2 cm³/mol. The minimum Gasteiger partial charge on any atom is -0.465 e. The Balaban J connectivity index is 1.68. The maximum Gasteiger partial charge on any atom is 0.411 e. The van der Waals surface area contributed by atoms with E-state index >= 15 is 0 Å². The Labute approximate surface area is 133 Å². The molecule has 8 heteroatoms. The van der Waals surface area contributed by atoms with Gasteiger partial charge in [0.25, 0.3) is 0 Å². The monoisotopic (exact) mass is 320 g/mol. The SMILES string of the molecule is CN(C(=O)O)c1ccc2onc(NCCN3CCOCC3)c2c1. The van der Waals surface area contributed by atoms with E-state index in [-0.39, 0.29) is 0 Å². The van der Waals surface area contributed by atoms with Crippen LogP contribution in [0.4, 0.5) is 16.3 Å². The number of morpholine rings is 1. The number of benzene rings is 1. The molecule has 1 saturated heterocycles. The molecule has 1 aliphatic rings. The highest BCUT2D eigenvalue weighted by atomic mass is 16.5. The van der Waals surface area contributed by atoms with Gasteiger partial charge in [0.15, 0.2) is 11.4 Å². The highest BCUT2D eigenvalue weighted by molar-refractivity contribution is 5.94. The van der Waals surface area contributed by atoms with Gasteiger partial charge in [-0.3, -0.25) is 9.80 Å². The Bertz CT molecular complexity index is 681. The molecule has 0 radical (unpaired) electrons. The summed E-state index contributed by atoms with van der Waals surface area (Å²) >= 11 is 0. The van der Waals surface area contributed by atoms with Crippen molar-refractivity contribution < 1.29 is 19.2 Å². The second-order valence-electron chi connectivity index (χ2n) is 5.43. The largest absolute Gasteiger partial charge is 0.465 e. The average Bonchev–Trinajstić information content (AvgIpc) is 2.97. The van der Waals surface area contributed by atoms with Gasteiger partial charge in [0.2, 0.25) is 0 Å². The Morgan fingerprint density at radius 1 is 1.43 bits per heavy atom. The normalized spacial score (nSPS) is 15.7. The molecule has 2 aromatic rings. The molecular formula is C15H20N4O4. The number of carboxylic acid groups (broad SMARTS) is 1. The molecule has 3 rings (SSSR count). The maximum absolute atomic E-state index is 11.1. The van der Waals surface area contributed by atoms with E-state index in [1.165, 1.54) is 7.05 Å². The smallest absolute Gasteiger partial charge is 0.411 e. The van der Waals surface area contributed by atoms with Gasteiger partial charge >= 0.3 is 6.09 Å². The Morgan fingerprint density at radius 2 is 2.22 bits per heavy atom. The minimum atomic E-state index is -1.01. The van der Waals surface area contributed by atoms with Crippen LogP contribution in [0.1, 0.15) is 0 Å². The van der Waals surface area contributed by atoms with Crippen LogP contribution in [0.3, 0.4) is 0 Å². The molecule has 23 heavy (non-hydrogen) atoms. The van der Waals surface area contributed by atoms with Crippen molar-refractivity contribution in [3.63, 3.8) is 0 Å². The highest BCUT2D eigenvalue weighted by Gasteiger charge is 2.14. The summed E-state index contributed by atoms with van der Waals surface area (Å²) in [6.07, 6.45) is -1.01. The summed E-state index contributed by atoms with van der Waals surface area (Å²) in [6, 6.07) is 5.18. The second-order valence-corrected chi connectivity index (χ2v) is 5.43. The van der Waals surface area contributed by atoms with E-state index in [9.17, 15) is 4.79 Å². The van der Waals surface area contributed by atoms with E-state index in [0.29, 0.717) is 17.1 Å². The van der Waals surface area contributed by atoms with Crippen LogP contribution in [-0.4, -0.2) is 67.7 Å². The van der Waals surface area contributed by atoms with Crippen molar-refractivity contribution in [2.75, 3.05) is 56.7 Å². The van der Waals surface area contributed by atoms with Crippen LogP contribution in [-0.2, 0) is 4.74 Å². The van der Waals surface area contributed by atoms with E-state index in [4.69, 9.17) is 14.4 Å². The molecule has 1 fully saturated rings. The first kappa shape index (κ1) is 15.6. The third-order valence-corrected chi connectivity index (χ3v) is 3.95. The van der Waals surface area contributed by atoms with Crippen LogP contribution in [0.25, 0.3) is 11.0 Å². The quantitative estimate of drug-likeness (QED) is 0.866. The van der Waals surface area contributed by atoms with Crippen molar-refractivity contribution in [2.45, 2.75) is 0 Å². The lowest BCUT2D eigenvalue weighted by atomic mass is 10.2. The fourth-order valence-corrected chi connectivity index (χ4v) is 2.53. The van der Waals surface area contributed by atoms with Crippen LogP contribution < -0.4 is 10.2 Å². The van der Waals surface area contributed by atoms with E-state index < -0.39 is 6.09 Å². The molecule has 2 heterocycles. The number of ether oxygens (including phenoxy) is 1. The van der Waals surface area contributed by atoms with Gasteiger partial charge in [-0.1, -0.05) is 5.16 Å². The topological polar surface area (TPSA) is 91.1 Å². The molecule has 0 spiro atoms. The fraction of sp³-hybridized carbons (Fsp3) is 0.467. The zero-order valence-electron chi connectivity index (χ0n) is 13.0. The summed E-state index contributed by atoms with van der Waals surface area (Å²) in [5.74, 6) is 0.633. The van der Waals surface area contributed by atoms with Gasteiger partial charge in [0.05, 0.1) is 18.6 Å². The number of hydrogen-bond donors (Lipinski definition) is 2. The molecule has 0 unspecified atom stereocenters. The minimum absolute atomic E-state index is 0.574. The Morgan fingerprint density at radius 3 is 2.96 bits per heavy atom. The number of carbonyl (C=O) groups is 1. The fourth-order valence-electron chi connectivity index (χ4n) is 2.53. The molecular weight excluding hydrogens is 300 g/mol. The first-order valence-corrected chi connectivity index (χ1v) is 7.55. The lowest BCUT2D eigenvalue weighted by Crippen LogP contribution is -2.39. The van der Waals surface area contributed by atoms with E-state index in [1.807, 2.05) is 0 Å². The predicted octanol–water partition coefficient (Wildman–Crippen LogP) is 1.69. The number of nitrogens with zero attached hydrogens (tertiary/aromatic N) is 3. The van der Waals surface area contributed by atoms with E-state index in [2.05, 4.69) is 15.4 Å². The standard InChI is InChI=1S/C15H20N4O4/c1-18(15(20)21)11-2-3-13-12(10-11)14(17-23-13)16-4-5-19-6-8-22-9-7-19/h2-3,10H,4-9H2,1H3,(H,16,17)(H,20,21). The van der Waals surface area contributed by atoms with Crippen LogP contribution >= 0.6 is 0 Å². The van der Waals surface area contributed by atoms with Crippen molar-refractivity contribution in [1.82, 2.24) is 10.1 Å². The molecule has 2 N–H and O–H groups in total. The summed E-state index contributed by atoms with van der Waals surface area (Å²) in [5.41, 5.74) is 1.20. The summed E-state index contributed by atoms with van der Waals surface area (Å²) in [4.78, 5) is 14.5. The molecule has 1 aromatic carbocycles. The van der Waals surface area contributed by atoms with Crippen molar-refractivity contribution in [2.24, 2.45) is 0 Å². The number of rotatable bonds is 5. The maximum atomic E-state index is 11.1. The Hall–Kier alpha value is -2.32. The first-order valence-electron chi connectivity index (χ1n) is 7.55. The highest BCUT2D eigenvalue weighted by Crippen LogP contribution is 2.27.